The lowest BCUT2D eigenvalue weighted by Gasteiger charge is -2.24. The number of hydrogen-bond donors (Lipinski definition) is 2. The minimum absolute atomic E-state index is 0.557. The van der Waals surface area contributed by atoms with Crippen LogP contribution in [0, 0.1) is 0 Å². The number of piperidine rings is 1. The molecule has 1 fully saturated rings. The van der Waals surface area contributed by atoms with Gasteiger partial charge >= 0.3 is 0 Å². The van der Waals surface area contributed by atoms with Gasteiger partial charge in [0.1, 0.15) is 0 Å². The van der Waals surface area contributed by atoms with Crippen LogP contribution in [0.25, 0.3) is 11.1 Å². The van der Waals surface area contributed by atoms with Crippen LogP contribution in [-0.2, 0) is 0 Å². The molecular formula is C12H15N3O. The summed E-state index contributed by atoms with van der Waals surface area (Å²) in [5.74, 6) is 0. The SMILES string of the molecule is c1cc(NC2CCNCC2)c2ccoc2n1. The van der Waals surface area contributed by atoms with Crippen molar-refractivity contribution in [1.82, 2.24) is 10.3 Å². The van der Waals surface area contributed by atoms with E-state index in [0.29, 0.717) is 11.8 Å². The van der Waals surface area contributed by atoms with E-state index in [-0.39, 0.29) is 0 Å². The van der Waals surface area contributed by atoms with Crippen LogP contribution in [0.5, 0.6) is 0 Å². The predicted octanol–water partition coefficient (Wildman–Crippen LogP) is 1.99. The third-order valence-corrected chi connectivity index (χ3v) is 3.07. The predicted molar refractivity (Wildman–Crippen MR) is 63.5 cm³/mol. The Labute approximate surface area is 94.0 Å². The van der Waals surface area contributed by atoms with Crippen molar-refractivity contribution in [2.75, 3.05) is 18.4 Å². The summed E-state index contributed by atoms with van der Waals surface area (Å²) in [4.78, 5) is 4.18. The summed E-state index contributed by atoms with van der Waals surface area (Å²) in [5.41, 5.74) is 1.84. The van der Waals surface area contributed by atoms with Crippen LogP contribution in [0.3, 0.4) is 0 Å². The molecule has 0 saturated carbocycles. The Bertz CT molecular complexity index is 474. The molecule has 0 amide bonds. The molecule has 0 aromatic carbocycles. The Kier molecular flexibility index (Phi) is 2.50. The van der Waals surface area contributed by atoms with Gasteiger partial charge < -0.3 is 15.1 Å². The highest BCUT2D eigenvalue weighted by Gasteiger charge is 2.14. The second-order valence-corrected chi connectivity index (χ2v) is 4.17. The minimum Gasteiger partial charge on any atom is -0.446 e. The lowest BCUT2D eigenvalue weighted by Crippen LogP contribution is -2.35. The van der Waals surface area contributed by atoms with E-state index in [2.05, 4.69) is 15.6 Å². The van der Waals surface area contributed by atoms with Gasteiger partial charge in [0.05, 0.1) is 11.6 Å². The van der Waals surface area contributed by atoms with E-state index in [1.807, 2.05) is 12.1 Å². The standard InChI is InChI=1S/C12H15N3O/c1-5-13-6-2-9(1)15-11-3-7-14-12-10(11)4-8-16-12/h3-4,7-9,13H,1-2,5-6H2,(H,14,15). The first-order chi connectivity index (χ1) is 7.93. The summed E-state index contributed by atoms with van der Waals surface area (Å²) in [6.45, 7) is 2.19. The van der Waals surface area contributed by atoms with Crippen molar-refractivity contribution >= 4 is 16.8 Å². The fourth-order valence-electron chi connectivity index (χ4n) is 2.19. The molecule has 3 heterocycles. The Balaban J connectivity index is 1.85. The van der Waals surface area contributed by atoms with Gasteiger partial charge in [-0.1, -0.05) is 0 Å². The van der Waals surface area contributed by atoms with Crippen molar-refractivity contribution < 1.29 is 4.42 Å². The van der Waals surface area contributed by atoms with Gasteiger partial charge in [0.15, 0.2) is 0 Å². The second kappa shape index (κ2) is 4.14. The smallest absolute Gasteiger partial charge is 0.227 e. The van der Waals surface area contributed by atoms with Crippen LogP contribution in [-0.4, -0.2) is 24.1 Å². The molecule has 4 heteroatoms. The van der Waals surface area contributed by atoms with E-state index in [0.717, 1.165) is 24.2 Å². The number of pyridine rings is 1. The highest BCUT2D eigenvalue weighted by Crippen LogP contribution is 2.24. The molecule has 0 atom stereocenters. The van der Waals surface area contributed by atoms with Gasteiger partial charge in [0, 0.05) is 17.9 Å². The summed E-state index contributed by atoms with van der Waals surface area (Å²) in [6.07, 6.45) is 5.81. The van der Waals surface area contributed by atoms with Crippen LogP contribution in [0.2, 0.25) is 0 Å². The van der Waals surface area contributed by atoms with Crippen molar-refractivity contribution in [2.45, 2.75) is 18.9 Å². The molecule has 16 heavy (non-hydrogen) atoms. The molecule has 0 bridgehead atoms. The fraction of sp³-hybridized carbons (Fsp3) is 0.417. The largest absolute Gasteiger partial charge is 0.446 e. The summed E-state index contributed by atoms with van der Waals surface area (Å²) in [7, 11) is 0. The molecule has 1 aliphatic rings. The van der Waals surface area contributed by atoms with Gasteiger partial charge in [-0.2, -0.15) is 0 Å². The van der Waals surface area contributed by atoms with E-state index in [9.17, 15) is 0 Å². The molecule has 1 aliphatic heterocycles. The van der Waals surface area contributed by atoms with E-state index in [4.69, 9.17) is 4.42 Å². The average Bonchev–Trinajstić information content (AvgIpc) is 2.80. The number of rotatable bonds is 2. The third-order valence-electron chi connectivity index (χ3n) is 3.07. The van der Waals surface area contributed by atoms with Gasteiger partial charge in [-0.15, -0.1) is 0 Å². The molecular weight excluding hydrogens is 202 g/mol. The van der Waals surface area contributed by atoms with Gasteiger partial charge in [-0.05, 0) is 38.1 Å². The third kappa shape index (κ3) is 1.76. The Morgan fingerprint density at radius 3 is 3.06 bits per heavy atom. The van der Waals surface area contributed by atoms with Crippen molar-refractivity contribution in [3.63, 3.8) is 0 Å². The topological polar surface area (TPSA) is 50.1 Å². The van der Waals surface area contributed by atoms with Crippen LogP contribution in [0.4, 0.5) is 5.69 Å². The number of hydrogen-bond acceptors (Lipinski definition) is 4. The number of nitrogens with zero attached hydrogens (tertiary/aromatic N) is 1. The lowest BCUT2D eigenvalue weighted by atomic mass is 10.1. The molecule has 2 N–H and O–H groups in total. The fourth-order valence-corrected chi connectivity index (χ4v) is 2.19. The molecule has 4 nitrogen and oxygen atoms in total. The molecule has 1 saturated heterocycles. The van der Waals surface area contributed by atoms with Gasteiger partial charge in [-0.25, -0.2) is 4.98 Å². The maximum atomic E-state index is 5.28. The van der Waals surface area contributed by atoms with Crippen molar-refractivity contribution in [2.24, 2.45) is 0 Å². The van der Waals surface area contributed by atoms with Gasteiger partial charge in [-0.3, -0.25) is 0 Å². The summed E-state index contributed by atoms with van der Waals surface area (Å²) in [6, 6.07) is 4.53. The van der Waals surface area contributed by atoms with E-state index in [1.54, 1.807) is 12.5 Å². The number of furan rings is 1. The van der Waals surface area contributed by atoms with E-state index < -0.39 is 0 Å². The Morgan fingerprint density at radius 2 is 2.19 bits per heavy atom. The number of aromatic nitrogens is 1. The zero-order valence-corrected chi connectivity index (χ0v) is 9.07. The molecule has 2 aromatic heterocycles. The number of nitrogens with one attached hydrogen (secondary N) is 2. The highest BCUT2D eigenvalue weighted by molar-refractivity contribution is 5.87. The van der Waals surface area contributed by atoms with Crippen LogP contribution in [0.1, 0.15) is 12.8 Å². The quantitative estimate of drug-likeness (QED) is 0.807. The van der Waals surface area contributed by atoms with Crippen LogP contribution < -0.4 is 10.6 Å². The summed E-state index contributed by atoms with van der Waals surface area (Å²) < 4.78 is 5.28. The molecule has 0 unspecified atom stereocenters. The molecule has 3 rings (SSSR count). The molecule has 0 spiro atoms. The maximum Gasteiger partial charge on any atom is 0.227 e. The Morgan fingerprint density at radius 1 is 1.31 bits per heavy atom. The van der Waals surface area contributed by atoms with Crippen molar-refractivity contribution in [3.8, 4) is 0 Å². The van der Waals surface area contributed by atoms with Crippen LogP contribution in [0.15, 0.2) is 29.0 Å². The molecule has 84 valence electrons. The number of anilines is 1. The van der Waals surface area contributed by atoms with Crippen molar-refractivity contribution in [1.29, 1.82) is 0 Å². The zero-order chi connectivity index (χ0) is 10.8. The normalized spacial score (nSPS) is 17.8. The minimum atomic E-state index is 0.557. The van der Waals surface area contributed by atoms with E-state index >= 15 is 0 Å². The molecule has 0 radical (unpaired) electrons. The summed E-state index contributed by atoms with van der Waals surface area (Å²) in [5, 5.41) is 8.00. The molecule has 0 aliphatic carbocycles. The zero-order valence-electron chi connectivity index (χ0n) is 9.07. The van der Waals surface area contributed by atoms with Gasteiger partial charge in [0.2, 0.25) is 5.71 Å². The van der Waals surface area contributed by atoms with Crippen molar-refractivity contribution in [3.05, 3.63) is 24.6 Å². The Hall–Kier alpha value is -1.55. The van der Waals surface area contributed by atoms with E-state index in [1.165, 1.54) is 12.8 Å². The number of fused-ring (bicyclic) bond motifs is 1. The molecule has 2 aromatic rings. The first kappa shape index (κ1) is 9.66. The summed E-state index contributed by atoms with van der Waals surface area (Å²) >= 11 is 0. The lowest BCUT2D eigenvalue weighted by molar-refractivity contribution is 0.479. The first-order valence-corrected chi connectivity index (χ1v) is 5.73. The van der Waals surface area contributed by atoms with Gasteiger partial charge in [0.25, 0.3) is 0 Å². The first-order valence-electron chi connectivity index (χ1n) is 5.73. The maximum absolute atomic E-state index is 5.28. The average molecular weight is 217 g/mol. The monoisotopic (exact) mass is 217 g/mol. The van der Waals surface area contributed by atoms with Crippen LogP contribution >= 0.6 is 0 Å². The highest BCUT2D eigenvalue weighted by atomic mass is 16.3. The second-order valence-electron chi connectivity index (χ2n) is 4.17.